The largest absolute Gasteiger partial charge is 0.383 e. The average molecular weight is 469 g/mol. The molecule has 9 heteroatoms. The molecule has 0 aliphatic rings. The molecule has 0 radical (unpaired) electrons. The molecule has 2 heterocycles. The molecule has 0 amide bonds. The highest BCUT2D eigenvalue weighted by Crippen LogP contribution is 2.22. The van der Waals surface area contributed by atoms with Crippen LogP contribution in [0.15, 0.2) is 44.1 Å². The van der Waals surface area contributed by atoms with E-state index in [1.165, 1.54) is 13.8 Å². The Morgan fingerprint density at radius 2 is 1.76 bits per heavy atom. The quantitative estimate of drug-likeness (QED) is 0.527. The number of nitrogens with one attached hydrogen (secondary N) is 2. The summed E-state index contributed by atoms with van der Waals surface area (Å²) in [6, 6.07) is 9.14. The molecule has 3 aromatic rings. The number of nitrogen functional groups attached to an aromatic ring is 1. The number of rotatable bonds is 2. The molecular weight excluding hydrogens is 454 g/mol. The van der Waals surface area contributed by atoms with Crippen molar-refractivity contribution in [2.45, 2.75) is 13.8 Å². The predicted molar refractivity (Wildman–Crippen MR) is 106 cm³/mol. The van der Waals surface area contributed by atoms with Gasteiger partial charge in [-0.05, 0) is 60.1 Å². The molecule has 0 aliphatic heterocycles. The molecule has 4 N–H and O–H groups in total. The maximum absolute atomic E-state index is 11.6. The molecule has 7 nitrogen and oxygen atoms in total. The Morgan fingerprint density at radius 3 is 2.36 bits per heavy atom. The van der Waals surface area contributed by atoms with Gasteiger partial charge in [0.15, 0.2) is 0 Å². The molecule has 0 fully saturated rings. The van der Waals surface area contributed by atoms with Crippen LogP contribution in [0.25, 0.3) is 11.0 Å². The van der Waals surface area contributed by atoms with Crippen LogP contribution < -0.4 is 16.6 Å². The van der Waals surface area contributed by atoms with Crippen molar-refractivity contribution in [3.8, 4) is 0 Å². The molecule has 25 heavy (non-hydrogen) atoms. The second-order valence-corrected chi connectivity index (χ2v) is 6.95. The zero-order valence-corrected chi connectivity index (χ0v) is 16.6. The molecule has 0 saturated carbocycles. The van der Waals surface area contributed by atoms with Crippen molar-refractivity contribution in [1.82, 2.24) is 15.0 Å². The minimum absolute atomic E-state index is 0.167. The van der Waals surface area contributed by atoms with E-state index >= 15 is 0 Å². The van der Waals surface area contributed by atoms with Gasteiger partial charge in [-0.1, -0.05) is 15.9 Å². The number of H-pyrrole nitrogens is 1. The first-order chi connectivity index (χ1) is 11.8. The van der Waals surface area contributed by atoms with Crippen molar-refractivity contribution in [1.29, 1.82) is 0 Å². The van der Waals surface area contributed by atoms with Crippen molar-refractivity contribution in [2.24, 2.45) is 0 Å². The first-order valence-electron chi connectivity index (χ1n) is 7.12. The summed E-state index contributed by atoms with van der Waals surface area (Å²) in [5, 5.41) is 3.63. The number of halogens is 2. The fourth-order valence-corrected chi connectivity index (χ4v) is 2.39. The third-order valence-electron chi connectivity index (χ3n) is 2.80. The highest BCUT2D eigenvalue weighted by molar-refractivity contribution is 9.10. The molecule has 1 aromatic carbocycles. The lowest BCUT2D eigenvalue weighted by atomic mass is 10.3. The summed E-state index contributed by atoms with van der Waals surface area (Å²) in [6.07, 6.45) is 0. The van der Waals surface area contributed by atoms with Gasteiger partial charge in [0, 0.05) is 10.2 Å². The number of aromatic nitrogens is 3. The van der Waals surface area contributed by atoms with Crippen molar-refractivity contribution in [3.63, 3.8) is 0 Å². The minimum Gasteiger partial charge on any atom is -0.383 e. The van der Waals surface area contributed by atoms with Gasteiger partial charge in [-0.25, -0.2) is 0 Å². The van der Waals surface area contributed by atoms with Gasteiger partial charge in [-0.15, -0.1) is 0 Å². The van der Waals surface area contributed by atoms with E-state index in [0.717, 1.165) is 10.2 Å². The molecule has 0 unspecified atom stereocenters. The van der Waals surface area contributed by atoms with Crippen molar-refractivity contribution >= 4 is 66.1 Å². The van der Waals surface area contributed by atoms with E-state index in [1.54, 1.807) is 6.07 Å². The number of pyridine rings is 1. The van der Waals surface area contributed by atoms with E-state index in [2.05, 4.69) is 52.1 Å². The predicted octanol–water partition coefficient (Wildman–Crippen LogP) is 3.76. The summed E-state index contributed by atoms with van der Waals surface area (Å²) in [7, 11) is 0. The van der Waals surface area contributed by atoms with Gasteiger partial charge in [0.25, 0.3) is 5.56 Å². The number of benzene rings is 1. The van der Waals surface area contributed by atoms with Crippen molar-refractivity contribution in [2.75, 3.05) is 11.1 Å². The van der Waals surface area contributed by atoms with E-state index in [4.69, 9.17) is 5.73 Å². The molecule has 0 atom stereocenters. The van der Waals surface area contributed by atoms with Crippen LogP contribution in [-0.4, -0.2) is 20.7 Å². The monoisotopic (exact) mass is 467 g/mol. The zero-order valence-electron chi connectivity index (χ0n) is 13.4. The van der Waals surface area contributed by atoms with Crippen LogP contribution >= 0.6 is 31.9 Å². The average Bonchev–Trinajstić information content (AvgIpc) is 2.51. The van der Waals surface area contributed by atoms with Gasteiger partial charge in [0.05, 0.1) is 9.86 Å². The molecule has 130 valence electrons. The Morgan fingerprint density at radius 1 is 1.16 bits per heavy atom. The number of fused-ring (bicyclic) bond motifs is 1. The Bertz CT molecular complexity index is 967. The molecule has 3 rings (SSSR count). The smallest absolute Gasteiger partial charge is 0.263 e. The Kier molecular flexibility index (Phi) is 6.27. The first-order valence-corrected chi connectivity index (χ1v) is 8.70. The second kappa shape index (κ2) is 8.21. The number of Topliss-reactive ketones (excluding diaryl/α,β-unsaturated/α-hetero) is 1. The van der Waals surface area contributed by atoms with Gasteiger partial charge < -0.3 is 20.8 Å². The van der Waals surface area contributed by atoms with E-state index < -0.39 is 0 Å². The fraction of sp³-hybridized carbons (Fsp3) is 0.125. The highest BCUT2D eigenvalue weighted by atomic mass is 79.9. The van der Waals surface area contributed by atoms with Gasteiger partial charge in [-0.3, -0.25) is 4.79 Å². The van der Waals surface area contributed by atoms with Crippen LogP contribution in [0.1, 0.15) is 13.8 Å². The summed E-state index contributed by atoms with van der Waals surface area (Å²) < 4.78 is 1.36. The van der Waals surface area contributed by atoms with Gasteiger partial charge in [0.1, 0.15) is 17.2 Å². The topological polar surface area (TPSA) is 114 Å². The Hall–Kier alpha value is -2.26. The third kappa shape index (κ3) is 5.36. The number of hydrogen-bond donors (Lipinski definition) is 3. The molecule has 0 saturated heterocycles. The zero-order chi connectivity index (χ0) is 18.6. The number of carbonyl (C=O) groups is 1. The van der Waals surface area contributed by atoms with E-state index in [-0.39, 0.29) is 17.2 Å². The maximum atomic E-state index is 11.6. The molecule has 0 aliphatic carbocycles. The summed E-state index contributed by atoms with van der Waals surface area (Å²) >= 11 is 6.52. The minimum atomic E-state index is -0.268. The molecule has 0 bridgehead atoms. The first kappa shape index (κ1) is 19.1. The summed E-state index contributed by atoms with van der Waals surface area (Å²) in [5.74, 6) is 0.775. The van der Waals surface area contributed by atoms with Crippen LogP contribution in [0.2, 0.25) is 0 Å². The lowest BCUT2D eigenvalue weighted by Gasteiger charge is -2.08. The number of anilines is 3. The fourth-order valence-electron chi connectivity index (χ4n) is 1.80. The van der Waals surface area contributed by atoms with Crippen LogP contribution in [0.3, 0.4) is 0 Å². The molecule has 0 spiro atoms. The summed E-state index contributed by atoms with van der Waals surface area (Å²) in [6.45, 7) is 3.06. The number of carbonyl (C=O) groups excluding carboxylic acids is 1. The van der Waals surface area contributed by atoms with Crippen LogP contribution in [0, 0.1) is 0 Å². The van der Waals surface area contributed by atoms with Crippen molar-refractivity contribution < 1.29 is 4.79 Å². The second-order valence-electron chi connectivity index (χ2n) is 5.18. The lowest BCUT2D eigenvalue weighted by Crippen LogP contribution is -2.10. The standard InChI is InChI=1S/C13H9Br2N5O.C3H6O/c14-6-1-3-7(4-2-6)17-13-18-10(16)8-5-9(15)12(21)19-11(8)20-13;1-3(2)4/h1-5H,(H4,16,17,18,19,20,21);1-2H3. The third-order valence-corrected chi connectivity index (χ3v) is 3.91. The molecular formula is C16H15Br2N5O2. The van der Waals surface area contributed by atoms with Crippen LogP contribution in [-0.2, 0) is 4.79 Å². The number of hydrogen-bond acceptors (Lipinski definition) is 6. The van der Waals surface area contributed by atoms with Crippen LogP contribution in [0.5, 0.6) is 0 Å². The van der Waals surface area contributed by atoms with E-state index in [1.807, 2.05) is 24.3 Å². The number of nitrogens with zero attached hydrogens (tertiary/aromatic N) is 2. The molecule has 2 aromatic heterocycles. The summed E-state index contributed by atoms with van der Waals surface area (Å²) in [4.78, 5) is 32.2. The highest BCUT2D eigenvalue weighted by Gasteiger charge is 2.08. The van der Waals surface area contributed by atoms with Gasteiger partial charge in [-0.2, -0.15) is 9.97 Å². The normalized spacial score (nSPS) is 10.1. The SMILES string of the molecule is CC(C)=O.Nc1nc(Nc2ccc(Br)cc2)nc2[nH]c(=O)c(Br)cc12. The maximum Gasteiger partial charge on any atom is 0.263 e. The van der Waals surface area contributed by atoms with Crippen LogP contribution in [0.4, 0.5) is 17.5 Å². The Labute approximate surface area is 160 Å². The Balaban J connectivity index is 0.000000511. The number of aromatic amines is 1. The lowest BCUT2D eigenvalue weighted by molar-refractivity contribution is -0.114. The number of ketones is 1. The van der Waals surface area contributed by atoms with E-state index in [9.17, 15) is 9.59 Å². The van der Waals surface area contributed by atoms with E-state index in [0.29, 0.717) is 21.5 Å². The summed E-state index contributed by atoms with van der Waals surface area (Å²) in [5.41, 5.74) is 6.84. The van der Waals surface area contributed by atoms with Crippen molar-refractivity contribution in [3.05, 3.63) is 49.6 Å². The van der Waals surface area contributed by atoms with Gasteiger partial charge >= 0.3 is 0 Å². The number of nitrogens with two attached hydrogens (primary N) is 1. The van der Waals surface area contributed by atoms with Gasteiger partial charge in [0.2, 0.25) is 5.95 Å².